The van der Waals surface area contributed by atoms with Gasteiger partial charge in [0.1, 0.15) is 6.17 Å². The quantitative estimate of drug-likeness (QED) is 0.703. The van der Waals surface area contributed by atoms with Crippen LogP contribution in [0.2, 0.25) is 0 Å². The molecule has 1 nitrogen and oxygen atoms in total. The van der Waals surface area contributed by atoms with Crippen LogP contribution < -0.4 is 0 Å². The predicted molar refractivity (Wildman–Crippen MR) is 54.0 cm³/mol. The SMILES string of the molecule is F[C@@H]1CCO[C@H](Cc2ccccc2)C1. The van der Waals surface area contributed by atoms with E-state index in [9.17, 15) is 4.39 Å². The van der Waals surface area contributed by atoms with Crippen molar-refractivity contribution in [3.63, 3.8) is 0 Å². The van der Waals surface area contributed by atoms with Crippen LogP contribution in [0.25, 0.3) is 0 Å². The maximum absolute atomic E-state index is 13.1. The summed E-state index contributed by atoms with van der Waals surface area (Å²) >= 11 is 0. The number of ether oxygens (including phenoxy) is 1. The second-order valence-corrected chi connectivity index (χ2v) is 3.80. The number of rotatable bonds is 2. The van der Waals surface area contributed by atoms with Gasteiger partial charge in [-0.15, -0.1) is 0 Å². The first-order valence-electron chi connectivity index (χ1n) is 5.14. The lowest BCUT2D eigenvalue weighted by Gasteiger charge is -2.25. The zero-order chi connectivity index (χ0) is 9.80. The van der Waals surface area contributed by atoms with Crippen LogP contribution in [0, 0.1) is 0 Å². The lowest BCUT2D eigenvalue weighted by atomic mass is 10.0. The molecule has 14 heavy (non-hydrogen) atoms. The molecule has 0 spiro atoms. The van der Waals surface area contributed by atoms with E-state index in [1.807, 2.05) is 18.2 Å². The Balaban J connectivity index is 1.91. The van der Waals surface area contributed by atoms with Gasteiger partial charge < -0.3 is 4.74 Å². The van der Waals surface area contributed by atoms with Gasteiger partial charge in [0.15, 0.2) is 0 Å². The molecule has 0 radical (unpaired) electrons. The molecule has 2 rings (SSSR count). The summed E-state index contributed by atoms with van der Waals surface area (Å²) in [4.78, 5) is 0. The molecule has 0 amide bonds. The highest BCUT2D eigenvalue weighted by molar-refractivity contribution is 5.15. The summed E-state index contributed by atoms with van der Waals surface area (Å²) in [6, 6.07) is 10.1. The van der Waals surface area contributed by atoms with E-state index in [1.165, 1.54) is 5.56 Å². The predicted octanol–water partition coefficient (Wildman–Crippen LogP) is 2.75. The van der Waals surface area contributed by atoms with Crippen molar-refractivity contribution in [3.8, 4) is 0 Å². The summed E-state index contributed by atoms with van der Waals surface area (Å²) in [7, 11) is 0. The molecular formula is C12H15FO. The lowest BCUT2D eigenvalue weighted by Crippen LogP contribution is -2.28. The fraction of sp³-hybridized carbons (Fsp3) is 0.500. The van der Waals surface area contributed by atoms with Crippen LogP contribution in [0.1, 0.15) is 18.4 Å². The number of alkyl halides is 1. The standard InChI is InChI=1S/C12H15FO/c13-11-6-7-14-12(9-11)8-10-4-2-1-3-5-10/h1-5,11-12H,6-9H2/t11-,12-/m1/s1. The Hall–Kier alpha value is -0.890. The van der Waals surface area contributed by atoms with E-state index in [2.05, 4.69) is 12.1 Å². The Morgan fingerprint density at radius 3 is 2.79 bits per heavy atom. The van der Waals surface area contributed by atoms with Gasteiger partial charge in [-0.05, 0) is 12.0 Å². The maximum atomic E-state index is 13.1. The normalized spacial score (nSPS) is 27.5. The third-order valence-corrected chi connectivity index (χ3v) is 2.61. The van der Waals surface area contributed by atoms with Gasteiger partial charge in [-0.3, -0.25) is 0 Å². The first-order valence-corrected chi connectivity index (χ1v) is 5.14. The van der Waals surface area contributed by atoms with Gasteiger partial charge >= 0.3 is 0 Å². The van der Waals surface area contributed by atoms with Crippen molar-refractivity contribution in [2.45, 2.75) is 31.5 Å². The highest BCUT2D eigenvalue weighted by atomic mass is 19.1. The average Bonchev–Trinajstić information content (AvgIpc) is 2.19. The summed E-state index contributed by atoms with van der Waals surface area (Å²) in [5, 5.41) is 0. The number of benzene rings is 1. The Kier molecular flexibility index (Phi) is 3.14. The fourth-order valence-corrected chi connectivity index (χ4v) is 1.85. The van der Waals surface area contributed by atoms with Crippen LogP contribution in [-0.2, 0) is 11.2 Å². The van der Waals surface area contributed by atoms with E-state index in [4.69, 9.17) is 4.74 Å². The Labute approximate surface area is 83.9 Å². The molecule has 0 aromatic heterocycles. The highest BCUT2D eigenvalue weighted by Crippen LogP contribution is 2.19. The zero-order valence-electron chi connectivity index (χ0n) is 8.16. The molecule has 1 aliphatic heterocycles. The van der Waals surface area contributed by atoms with Crippen molar-refractivity contribution in [3.05, 3.63) is 35.9 Å². The summed E-state index contributed by atoms with van der Waals surface area (Å²) in [6.45, 7) is 0.568. The van der Waals surface area contributed by atoms with Gasteiger partial charge in [0.2, 0.25) is 0 Å². The molecule has 1 saturated heterocycles. The topological polar surface area (TPSA) is 9.23 Å². The van der Waals surface area contributed by atoms with E-state index < -0.39 is 6.17 Å². The Bertz CT molecular complexity index is 273. The van der Waals surface area contributed by atoms with Crippen molar-refractivity contribution in [2.75, 3.05) is 6.61 Å². The van der Waals surface area contributed by atoms with Gasteiger partial charge in [-0.1, -0.05) is 30.3 Å². The Morgan fingerprint density at radius 2 is 2.07 bits per heavy atom. The molecule has 0 unspecified atom stereocenters. The number of hydrogen-bond acceptors (Lipinski definition) is 1. The van der Waals surface area contributed by atoms with Gasteiger partial charge in [-0.2, -0.15) is 0 Å². The van der Waals surface area contributed by atoms with Gasteiger partial charge in [0, 0.05) is 19.4 Å². The summed E-state index contributed by atoms with van der Waals surface area (Å²) in [5.41, 5.74) is 1.23. The molecule has 2 atom stereocenters. The third-order valence-electron chi connectivity index (χ3n) is 2.61. The van der Waals surface area contributed by atoms with Crippen molar-refractivity contribution in [2.24, 2.45) is 0 Å². The summed E-state index contributed by atoms with van der Waals surface area (Å²) in [6.07, 6.45) is 1.35. The zero-order valence-corrected chi connectivity index (χ0v) is 8.16. The number of halogens is 1. The van der Waals surface area contributed by atoms with Gasteiger partial charge in [0.05, 0.1) is 6.10 Å². The molecule has 0 aliphatic carbocycles. The summed E-state index contributed by atoms with van der Waals surface area (Å²) < 4.78 is 18.6. The van der Waals surface area contributed by atoms with Crippen molar-refractivity contribution >= 4 is 0 Å². The number of hydrogen-bond donors (Lipinski definition) is 0. The van der Waals surface area contributed by atoms with E-state index in [0.717, 1.165) is 6.42 Å². The molecule has 1 fully saturated rings. The van der Waals surface area contributed by atoms with E-state index in [-0.39, 0.29) is 6.10 Å². The molecule has 0 bridgehead atoms. The minimum atomic E-state index is -0.669. The second kappa shape index (κ2) is 4.56. The Morgan fingerprint density at radius 1 is 1.29 bits per heavy atom. The minimum Gasteiger partial charge on any atom is -0.378 e. The largest absolute Gasteiger partial charge is 0.378 e. The average molecular weight is 194 g/mol. The fourth-order valence-electron chi connectivity index (χ4n) is 1.85. The van der Waals surface area contributed by atoms with Gasteiger partial charge in [0.25, 0.3) is 0 Å². The molecule has 1 heterocycles. The molecule has 1 aromatic carbocycles. The smallest absolute Gasteiger partial charge is 0.105 e. The van der Waals surface area contributed by atoms with Crippen molar-refractivity contribution < 1.29 is 9.13 Å². The second-order valence-electron chi connectivity index (χ2n) is 3.80. The minimum absolute atomic E-state index is 0.0705. The maximum Gasteiger partial charge on any atom is 0.105 e. The van der Waals surface area contributed by atoms with Crippen LogP contribution >= 0.6 is 0 Å². The van der Waals surface area contributed by atoms with Gasteiger partial charge in [-0.25, -0.2) is 4.39 Å². The molecule has 1 aromatic rings. The van der Waals surface area contributed by atoms with Crippen LogP contribution in [0.4, 0.5) is 4.39 Å². The highest BCUT2D eigenvalue weighted by Gasteiger charge is 2.21. The molecular weight excluding hydrogens is 179 g/mol. The van der Waals surface area contributed by atoms with Crippen LogP contribution in [0.5, 0.6) is 0 Å². The van der Waals surface area contributed by atoms with Crippen LogP contribution in [0.3, 0.4) is 0 Å². The van der Waals surface area contributed by atoms with E-state index >= 15 is 0 Å². The van der Waals surface area contributed by atoms with E-state index in [0.29, 0.717) is 19.4 Å². The van der Waals surface area contributed by atoms with E-state index in [1.54, 1.807) is 0 Å². The molecule has 0 N–H and O–H groups in total. The first kappa shape index (κ1) is 9.66. The monoisotopic (exact) mass is 194 g/mol. The lowest BCUT2D eigenvalue weighted by molar-refractivity contribution is -0.0170. The van der Waals surface area contributed by atoms with Crippen LogP contribution in [-0.4, -0.2) is 18.9 Å². The molecule has 76 valence electrons. The summed E-state index contributed by atoms with van der Waals surface area (Å²) in [5.74, 6) is 0. The molecule has 1 aliphatic rings. The first-order chi connectivity index (χ1) is 6.84. The van der Waals surface area contributed by atoms with Crippen molar-refractivity contribution in [1.29, 1.82) is 0 Å². The molecule has 2 heteroatoms. The van der Waals surface area contributed by atoms with Crippen molar-refractivity contribution in [1.82, 2.24) is 0 Å². The third kappa shape index (κ3) is 2.55. The van der Waals surface area contributed by atoms with Crippen LogP contribution in [0.15, 0.2) is 30.3 Å². The molecule has 0 saturated carbocycles.